The van der Waals surface area contributed by atoms with Gasteiger partial charge < -0.3 is 4.98 Å². The van der Waals surface area contributed by atoms with Crippen LogP contribution in [0.5, 0.6) is 0 Å². The standard InChI is InChI=1S/C7H5N5/c1-2-12-6-5(3-8-4-10-6)11-7(12)9-1/h1-4H,(H,9,11). The summed E-state index contributed by atoms with van der Waals surface area (Å²) in [7, 11) is 0. The van der Waals surface area contributed by atoms with Crippen LogP contribution in [0, 0.1) is 0 Å². The summed E-state index contributed by atoms with van der Waals surface area (Å²) >= 11 is 0. The number of H-pyrrole nitrogens is 1. The summed E-state index contributed by atoms with van der Waals surface area (Å²) in [6.45, 7) is 0. The van der Waals surface area contributed by atoms with Crippen molar-refractivity contribution in [1.82, 2.24) is 24.3 Å². The molecule has 5 heteroatoms. The van der Waals surface area contributed by atoms with Gasteiger partial charge >= 0.3 is 0 Å². The number of hydrogen-bond donors (Lipinski definition) is 1. The summed E-state index contributed by atoms with van der Waals surface area (Å²) in [4.78, 5) is 15.2. The SMILES string of the molecule is c1cn2c(n1)[nH]c1cncnc12. The van der Waals surface area contributed by atoms with Crippen LogP contribution in [0.4, 0.5) is 0 Å². The fraction of sp³-hybridized carbons (Fsp3) is 0. The van der Waals surface area contributed by atoms with Crippen molar-refractivity contribution in [3.05, 3.63) is 24.9 Å². The van der Waals surface area contributed by atoms with Gasteiger partial charge in [-0.3, -0.25) is 4.40 Å². The van der Waals surface area contributed by atoms with Crippen LogP contribution in [0.2, 0.25) is 0 Å². The Morgan fingerprint density at radius 3 is 3.33 bits per heavy atom. The van der Waals surface area contributed by atoms with Gasteiger partial charge in [0, 0.05) is 12.4 Å². The summed E-state index contributed by atoms with van der Waals surface area (Å²) in [5.74, 6) is 0.797. The quantitative estimate of drug-likeness (QED) is 0.522. The molecule has 1 N–H and O–H groups in total. The number of aromatic nitrogens is 5. The zero-order valence-electron chi connectivity index (χ0n) is 6.10. The molecular weight excluding hydrogens is 154 g/mol. The molecule has 3 heterocycles. The monoisotopic (exact) mass is 159 g/mol. The number of nitrogens with zero attached hydrogens (tertiary/aromatic N) is 4. The first-order valence-corrected chi connectivity index (χ1v) is 3.56. The Kier molecular flexibility index (Phi) is 0.864. The lowest BCUT2D eigenvalue weighted by atomic mass is 10.6. The van der Waals surface area contributed by atoms with Gasteiger partial charge in [0.25, 0.3) is 0 Å². The molecule has 0 spiro atoms. The summed E-state index contributed by atoms with van der Waals surface area (Å²) in [5.41, 5.74) is 1.76. The van der Waals surface area contributed by atoms with Gasteiger partial charge in [0.15, 0.2) is 5.65 Å². The van der Waals surface area contributed by atoms with Crippen LogP contribution in [-0.4, -0.2) is 24.3 Å². The third-order valence-electron chi connectivity index (χ3n) is 1.81. The number of nitrogens with one attached hydrogen (secondary N) is 1. The Morgan fingerprint density at radius 1 is 1.33 bits per heavy atom. The van der Waals surface area contributed by atoms with E-state index >= 15 is 0 Å². The Bertz CT molecular complexity index is 534. The molecule has 0 aromatic carbocycles. The third kappa shape index (κ3) is 0.554. The largest absolute Gasteiger partial charge is 0.321 e. The van der Waals surface area contributed by atoms with E-state index < -0.39 is 0 Å². The van der Waals surface area contributed by atoms with Crippen molar-refractivity contribution in [2.75, 3.05) is 0 Å². The number of fused-ring (bicyclic) bond motifs is 3. The van der Waals surface area contributed by atoms with Crippen LogP contribution in [0.3, 0.4) is 0 Å². The normalized spacial score (nSPS) is 11.3. The zero-order chi connectivity index (χ0) is 7.97. The zero-order valence-corrected chi connectivity index (χ0v) is 6.10. The molecule has 0 saturated carbocycles. The van der Waals surface area contributed by atoms with Crippen molar-refractivity contribution in [1.29, 1.82) is 0 Å². The van der Waals surface area contributed by atoms with Crippen molar-refractivity contribution in [3.8, 4) is 0 Å². The first-order valence-electron chi connectivity index (χ1n) is 3.56. The number of aromatic amines is 1. The highest BCUT2D eigenvalue weighted by Crippen LogP contribution is 2.10. The maximum atomic E-state index is 4.12. The Morgan fingerprint density at radius 2 is 2.33 bits per heavy atom. The lowest BCUT2D eigenvalue weighted by Gasteiger charge is -1.85. The van der Waals surface area contributed by atoms with E-state index in [2.05, 4.69) is 19.9 Å². The average molecular weight is 159 g/mol. The lowest BCUT2D eigenvalue weighted by Crippen LogP contribution is -1.81. The number of rotatable bonds is 0. The molecule has 5 nitrogen and oxygen atoms in total. The summed E-state index contributed by atoms with van der Waals surface area (Å²) in [6, 6.07) is 0. The van der Waals surface area contributed by atoms with Gasteiger partial charge in [0.2, 0.25) is 5.78 Å². The van der Waals surface area contributed by atoms with Crippen LogP contribution >= 0.6 is 0 Å². The van der Waals surface area contributed by atoms with Crippen LogP contribution in [0.25, 0.3) is 16.9 Å². The molecule has 12 heavy (non-hydrogen) atoms. The molecule has 0 unspecified atom stereocenters. The van der Waals surface area contributed by atoms with Crippen molar-refractivity contribution in [3.63, 3.8) is 0 Å². The average Bonchev–Trinajstić information content (AvgIpc) is 2.62. The third-order valence-corrected chi connectivity index (χ3v) is 1.81. The van der Waals surface area contributed by atoms with Crippen molar-refractivity contribution < 1.29 is 0 Å². The van der Waals surface area contributed by atoms with Crippen molar-refractivity contribution >= 4 is 16.9 Å². The first kappa shape index (κ1) is 5.70. The Hall–Kier alpha value is -1.91. The van der Waals surface area contributed by atoms with E-state index in [1.807, 2.05) is 10.6 Å². The van der Waals surface area contributed by atoms with E-state index in [4.69, 9.17) is 0 Å². The molecule has 0 atom stereocenters. The van der Waals surface area contributed by atoms with Crippen molar-refractivity contribution in [2.24, 2.45) is 0 Å². The molecule has 0 aliphatic carbocycles. The molecule has 0 aliphatic rings. The van der Waals surface area contributed by atoms with Gasteiger partial charge in [0.05, 0.1) is 6.20 Å². The first-order chi connectivity index (χ1) is 5.95. The number of hydrogen-bond acceptors (Lipinski definition) is 3. The second-order valence-corrected chi connectivity index (χ2v) is 2.51. The molecule has 3 rings (SSSR count). The van der Waals surface area contributed by atoms with E-state index in [-0.39, 0.29) is 0 Å². The van der Waals surface area contributed by atoms with E-state index in [1.165, 1.54) is 6.33 Å². The van der Waals surface area contributed by atoms with Crippen LogP contribution < -0.4 is 0 Å². The smallest absolute Gasteiger partial charge is 0.213 e. The highest BCUT2D eigenvalue weighted by molar-refractivity contribution is 5.74. The van der Waals surface area contributed by atoms with Gasteiger partial charge in [-0.2, -0.15) is 0 Å². The molecule has 0 amide bonds. The van der Waals surface area contributed by atoms with Crippen LogP contribution in [-0.2, 0) is 0 Å². The topological polar surface area (TPSA) is 58.9 Å². The van der Waals surface area contributed by atoms with Gasteiger partial charge in [-0.1, -0.05) is 0 Å². The van der Waals surface area contributed by atoms with Crippen LogP contribution in [0.15, 0.2) is 24.9 Å². The summed E-state index contributed by atoms with van der Waals surface area (Å²) in [6.07, 6.45) is 6.85. The van der Waals surface area contributed by atoms with E-state index in [9.17, 15) is 0 Å². The molecule has 0 bridgehead atoms. The Labute approximate surface area is 67.1 Å². The fourth-order valence-electron chi connectivity index (χ4n) is 1.29. The minimum absolute atomic E-state index is 0.797. The maximum Gasteiger partial charge on any atom is 0.213 e. The Balaban J connectivity index is 2.68. The van der Waals surface area contributed by atoms with Gasteiger partial charge in [0.1, 0.15) is 11.8 Å². The molecular formula is C7H5N5. The molecule has 3 aromatic heterocycles. The molecule has 0 saturated heterocycles. The molecule has 0 radical (unpaired) electrons. The molecule has 3 aromatic rings. The van der Waals surface area contributed by atoms with Gasteiger partial charge in [-0.15, -0.1) is 0 Å². The van der Waals surface area contributed by atoms with Gasteiger partial charge in [-0.25, -0.2) is 15.0 Å². The predicted octanol–water partition coefficient (Wildman–Crippen LogP) is 0.606. The number of imidazole rings is 2. The minimum atomic E-state index is 0.797. The van der Waals surface area contributed by atoms with Gasteiger partial charge in [-0.05, 0) is 0 Å². The minimum Gasteiger partial charge on any atom is -0.321 e. The highest BCUT2D eigenvalue weighted by Gasteiger charge is 2.02. The van der Waals surface area contributed by atoms with Crippen LogP contribution in [0.1, 0.15) is 0 Å². The van der Waals surface area contributed by atoms with E-state index in [0.717, 1.165) is 16.9 Å². The van der Waals surface area contributed by atoms with E-state index in [1.54, 1.807) is 12.4 Å². The second-order valence-electron chi connectivity index (χ2n) is 2.51. The molecule has 58 valence electrons. The van der Waals surface area contributed by atoms with Crippen molar-refractivity contribution in [2.45, 2.75) is 0 Å². The molecule has 0 aliphatic heterocycles. The summed E-state index contributed by atoms with van der Waals surface area (Å²) in [5, 5.41) is 0. The molecule has 0 fully saturated rings. The van der Waals surface area contributed by atoms with E-state index in [0.29, 0.717) is 0 Å². The predicted molar refractivity (Wildman–Crippen MR) is 42.6 cm³/mol. The maximum absolute atomic E-state index is 4.12. The second kappa shape index (κ2) is 1.82. The highest BCUT2D eigenvalue weighted by atomic mass is 15.1. The lowest BCUT2D eigenvalue weighted by molar-refractivity contribution is 1.16. The fourth-order valence-corrected chi connectivity index (χ4v) is 1.29. The summed E-state index contributed by atoms with van der Waals surface area (Å²) < 4.78 is 1.89.